The number of rotatable bonds is 4. The molecule has 0 unspecified atom stereocenters. The number of morpholine rings is 1. The van der Waals surface area contributed by atoms with E-state index in [0.29, 0.717) is 30.3 Å². The van der Waals surface area contributed by atoms with Crippen LogP contribution in [0.4, 0.5) is 0 Å². The molecule has 0 aromatic heterocycles. The largest absolute Gasteiger partial charge is 0.375 e. The molecule has 1 aromatic rings. The van der Waals surface area contributed by atoms with Crippen LogP contribution in [0.25, 0.3) is 0 Å². The number of ether oxygens (including phenoxy) is 1. The van der Waals surface area contributed by atoms with Crippen LogP contribution in [-0.4, -0.2) is 48.6 Å². The van der Waals surface area contributed by atoms with Gasteiger partial charge in [0.2, 0.25) is 5.91 Å². The van der Waals surface area contributed by atoms with Crippen molar-refractivity contribution in [2.75, 3.05) is 19.7 Å². The highest BCUT2D eigenvalue weighted by Gasteiger charge is 2.31. The maximum Gasteiger partial charge on any atom is 0.251 e. The van der Waals surface area contributed by atoms with Crippen LogP contribution >= 0.6 is 11.6 Å². The lowest BCUT2D eigenvalue weighted by Gasteiger charge is -2.35. The van der Waals surface area contributed by atoms with E-state index in [-0.39, 0.29) is 23.8 Å². The normalized spacial score (nSPS) is 19.5. The Kier molecular flexibility index (Phi) is 6.02. The van der Waals surface area contributed by atoms with Crippen LogP contribution in [0.2, 0.25) is 5.02 Å². The third-order valence-corrected chi connectivity index (χ3v) is 4.13. The molecule has 1 fully saturated rings. The summed E-state index contributed by atoms with van der Waals surface area (Å²) in [5.74, 6) is -0.329. The fraction of sp³-hybridized carbons (Fsp3) is 0.529. The molecular weight excluding hydrogens is 316 g/mol. The highest BCUT2D eigenvalue weighted by atomic mass is 35.5. The van der Waals surface area contributed by atoms with E-state index in [4.69, 9.17) is 16.3 Å². The summed E-state index contributed by atoms with van der Waals surface area (Å²) < 4.78 is 5.47. The van der Waals surface area contributed by atoms with Gasteiger partial charge in [0.05, 0.1) is 12.7 Å². The Morgan fingerprint density at radius 3 is 2.52 bits per heavy atom. The second kappa shape index (κ2) is 7.79. The minimum Gasteiger partial charge on any atom is -0.375 e. The number of hydrogen-bond donors (Lipinski definition) is 1. The van der Waals surface area contributed by atoms with Crippen molar-refractivity contribution in [3.8, 4) is 0 Å². The quantitative estimate of drug-likeness (QED) is 0.916. The molecular formula is C17H23ClN2O3. The van der Waals surface area contributed by atoms with Crippen molar-refractivity contribution in [3.63, 3.8) is 0 Å². The van der Waals surface area contributed by atoms with Gasteiger partial charge >= 0.3 is 0 Å². The third kappa shape index (κ3) is 4.69. The zero-order chi connectivity index (χ0) is 17.0. The molecule has 1 heterocycles. The summed E-state index contributed by atoms with van der Waals surface area (Å²) in [5.41, 5.74) is 0.489. The molecule has 0 saturated carbocycles. The van der Waals surface area contributed by atoms with Gasteiger partial charge < -0.3 is 15.0 Å². The van der Waals surface area contributed by atoms with E-state index in [2.05, 4.69) is 5.32 Å². The summed E-state index contributed by atoms with van der Waals surface area (Å²) >= 11 is 5.83. The number of carbonyl (C=O) groups excluding carboxylic acids is 2. The van der Waals surface area contributed by atoms with E-state index >= 15 is 0 Å². The summed E-state index contributed by atoms with van der Waals surface area (Å²) in [6, 6.07) is 6.06. The van der Waals surface area contributed by atoms with E-state index in [9.17, 15) is 9.59 Å². The average molecular weight is 339 g/mol. The smallest absolute Gasteiger partial charge is 0.251 e. The molecule has 2 rings (SSSR count). The van der Waals surface area contributed by atoms with E-state index < -0.39 is 6.04 Å². The lowest BCUT2D eigenvalue weighted by Crippen LogP contribution is -2.55. The van der Waals surface area contributed by atoms with Crippen LogP contribution in [0.1, 0.15) is 31.1 Å². The Balaban J connectivity index is 2.07. The fourth-order valence-electron chi connectivity index (χ4n) is 2.55. The van der Waals surface area contributed by atoms with E-state index in [1.54, 1.807) is 29.2 Å². The molecule has 0 aliphatic carbocycles. The van der Waals surface area contributed by atoms with E-state index in [1.165, 1.54) is 0 Å². The van der Waals surface area contributed by atoms with Gasteiger partial charge in [0, 0.05) is 23.7 Å². The van der Waals surface area contributed by atoms with Crippen LogP contribution in [0.5, 0.6) is 0 Å². The lowest BCUT2D eigenvalue weighted by molar-refractivity contribution is -0.141. The van der Waals surface area contributed by atoms with Crippen LogP contribution in [0.15, 0.2) is 24.3 Å². The van der Waals surface area contributed by atoms with Gasteiger partial charge in [0.25, 0.3) is 5.91 Å². The molecule has 0 radical (unpaired) electrons. The number of benzene rings is 1. The molecule has 5 nitrogen and oxygen atoms in total. The molecule has 1 N–H and O–H groups in total. The molecule has 1 saturated heterocycles. The Labute approximate surface area is 141 Å². The Bertz CT molecular complexity index is 559. The summed E-state index contributed by atoms with van der Waals surface area (Å²) in [6.45, 7) is 7.43. The van der Waals surface area contributed by atoms with Crippen LogP contribution in [0.3, 0.4) is 0 Å². The number of hydrogen-bond acceptors (Lipinski definition) is 3. The monoisotopic (exact) mass is 338 g/mol. The zero-order valence-electron chi connectivity index (χ0n) is 13.7. The summed E-state index contributed by atoms with van der Waals surface area (Å²) in [7, 11) is 0. The second-order valence-electron chi connectivity index (χ2n) is 6.17. The number of nitrogens with zero attached hydrogens (tertiary/aromatic N) is 1. The molecule has 0 bridgehead atoms. The molecule has 2 amide bonds. The predicted octanol–water partition coefficient (Wildman–Crippen LogP) is 2.34. The zero-order valence-corrected chi connectivity index (χ0v) is 14.5. The van der Waals surface area contributed by atoms with Gasteiger partial charge in [0.1, 0.15) is 6.04 Å². The van der Waals surface area contributed by atoms with Crippen LogP contribution in [-0.2, 0) is 9.53 Å². The summed E-state index contributed by atoms with van der Waals surface area (Å²) in [4.78, 5) is 26.9. The minimum absolute atomic E-state index is 0.00287. The van der Waals surface area contributed by atoms with Gasteiger partial charge in [-0.2, -0.15) is 0 Å². The first kappa shape index (κ1) is 17.8. The SMILES string of the molecule is CC(C)[C@H](NC(=O)c1ccc(Cl)cc1)C(=O)N1CCO[C@H](C)C1. The average Bonchev–Trinajstić information content (AvgIpc) is 2.52. The predicted molar refractivity (Wildman–Crippen MR) is 89.5 cm³/mol. The van der Waals surface area contributed by atoms with Gasteiger partial charge in [-0.1, -0.05) is 25.4 Å². The van der Waals surface area contributed by atoms with Crippen molar-refractivity contribution in [2.45, 2.75) is 32.9 Å². The van der Waals surface area contributed by atoms with Gasteiger partial charge in [-0.05, 0) is 37.1 Å². The maximum atomic E-state index is 12.7. The topological polar surface area (TPSA) is 58.6 Å². The van der Waals surface area contributed by atoms with Crippen LogP contribution in [0, 0.1) is 5.92 Å². The molecule has 2 atom stereocenters. The molecule has 0 spiro atoms. The second-order valence-corrected chi connectivity index (χ2v) is 6.60. The number of carbonyl (C=O) groups is 2. The van der Waals surface area contributed by atoms with Crippen molar-refractivity contribution < 1.29 is 14.3 Å². The summed E-state index contributed by atoms with van der Waals surface area (Å²) in [5, 5.41) is 3.42. The van der Waals surface area contributed by atoms with Crippen molar-refractivity contribution in [1.82, 2.24) is 10.2 Å². The van der Waals surface area contributed by atoms with Gasteiger partial charge in [-0.3, -0.25) is 9.59 Å². The van der Waals surface area contributed by atoms with Gasteiger partial charge in [-0.25, -0.2) is 0 Å². The third-order valence-electron chi connectivity index (χ3n) is 3.88. The summed E-state index contributed by atoms with van der Waals surface area (Å²) in [6.07, 6.45) is 0.0208. The number of amides is 2. The fourth-order valence-corrected chi connectivity index (χ4v) is 2.68. The molecule has 1 aliphatic rings. The molecule has 1 aromatic carbocycles. The highest BCUT2D eigenvalue weighted by molar-refractivity contribution is 6.30. The van der Waals surface area contributed by atoms with E-state index in [1.807, 2.05) is 20.8 Å². The molecule has 23 heavy (non-hydrogen) atoms. The Hall–Kier alpha value is -1.59. The first-order valence-corrected chi connectivity index (χ1v) is 8.23. The van der Waals surface area contributed by atoms with Crippen molar-refractivity contribution in [1.29, 1.82) is 0 Å². The van der Waals surface area contributed by atoms with Crippen molar-refractivity contribution in [2.24, 2.45) is 5.92 Å². The van der Waals surface area contributed by atoms with Crippen molar-refractivity contribution >= 4 is 23.4 Å². The standard InChI is InChI=1S/C17H23ClN2O3/c1-11(2)15(17(22)20-8-9-23-12(3)10-20)19-16(21)13-4-6-14(18)7-5-13/h4-7,11-12,15H,8-10H2,1-3H3,(H,19,21)/t12-,15+/m1/s1. The molecule has 6 heteroatoms. The van der Waals surface area contributed by atoms with Crippen molar-refractivity contribution in [3.05, 3.63) is 34.9 Å². The van der Waals surface area contributed by atoms with Crippen LogP contribution < -0.4 is 5.32 Å². The minimum atomic E-state index is -0.552. The number of halogens is 1. The molecule has 126 valence electrons. The molecule has 1 aliphatic heterocycles. The Morgan fingerprint density at radius 1 is 1.30 bits per heavy atom. The highest BCUT2D eigenvalue weighted by Crippen LogP contribution is 2.13. The van der Waals surface area contributed by atoms with E-state index in [0.717, 1.165) is 0 Å². The first-order chi connectivity index (χ1) is 10.9. The Morgan fingerprint density at radius 2 is 1.96 bits per heavy atom. The lowest BCUT2D eigenvalue weighted by atomic mass is 10.0. The first-order valence-electron chi connectivity index (χ1n) is 7.85. The maximum absolute atomic E-state index is 12.7. The van der Waals surface area contributed by atoms with Gasteiger partial charge in [-0.15, -0.1) is 0 Å². The number of nitrogens with one attached hydrogen (secondary N) is 1. The van der Waals surface area contributed by atoms with Gasteiger partial charge in [0.15, 0.2) is 0 Å².